The number of carbonyl (C=O) groups is 1. The van der Waals surface area contributed by atoms with E-state index in [1.165, 1.54) is 5.56 Å². The van der Waals surface area contributed by atoms with Gasteiger partial charge in [-0.05, 0) is 31.0 Å². The Labute approximate surface area is 114 Å². The van der Waals surface area contributed by atoms with Crippen LogP contribution in [-0.4, -0.2) is 12.3 Å². The predicted octanol–water partition coefficient (Wildman–Crippen LogP) is 2.92. The van der Waals surface area contributed by atoms with E-state index in [1.54, 1.807) is 0 Å². The number of ketones is 1. The molecule has 2 N–H and O–H groups in total. The van der Waals surface area contributed by atoms with Crippen molar-refractivity contribution in [2.24, 2.45) is 5.73 Å². The van der Waals surface area contributed by atoms with Gasteiger partial charge in [-0.2, -0.15) is 0 Å². The van der Waals surface area contributed by atoms with E-state index in [2.05, 4.69) is 0 Å². The molecule has 0 spiro atoms. The van der Waals surface area contributed by atoms with Crippen molar-refractivity contribution in [3.8, 4) is 0 Å². The molecule has 0 fully saturated rings. The minimum absolute atomic E-state index is 0.160. The summed E-state index contributed by atoms with van der Waals surface area (Å²) in [5, 5.41) is 0. The largest absolute Gasteiger partial charge is 0.330 e. The second-order valence-corrected chi connectivity index (χ2v) is 4.78. The van der Waals surface area contributed by atoms with Gasteiger partial charge in [-0.1, -0.05) is 54.1 Å². The minimum atomic E-state index is 0.160. The van der Waals surface area contributed by atoms with Crippen LogP contribution in [0.3, 0.4) is 0 Å². The van der Waals surface area contributed by atoms with Crippen molar-refractivity contribution in [1.29, 1.82) is 0 Å². The molecule has 0 aliphatic carbocycles. The smallest absolute Gasteiger partial charge is 0.167 e. The minimum Gasteiger partial charge on any atom is -0.330 e. The highest BCUT2D eigenvalue weighted by Gasteiger charge is 2.10. The summed E-state index contributed by atoms with van der Waals surface area (Å²) < 4.78 is 0. The number of carbonyl (C=O) groups excluding carboxylic acids is 1. The maximum absolute atomic E-state index is 12.4. The lowest BCUT2D eigenvalue weighted by atomic mass is 9.96. The Kier molecular flexibility index (Phi) is 4.48. The first-order valence-corrected chi connectivity index (χ1v) is 6.57. The van der Waals surface area contributed by atoms with E-state index in [-0.39, 0.29) is 5.78 Å². The maximum Gasteiger partial charge on any atom is 0.167 e. The zero-order chi connectivity index (χ0) is 13.7. The Hall–Kier alpha value is -1.93. The summed E-state index contributed by atoms with van der Waals surface area (Å²) in [6.07, 6.45) is 1.19. The molecule has 0 saturated carbocycles. The van der Waals surface area contributed by atoms with Crippen molar-refractivity contribution in [3.63, 3.8) is 0 Å². The lowest BCUT2D eigenvalue weighted by Crippen LogP contribution is -2.10. The third kappa shape index (κ3) is 3.52. The van der Waals surface area contributed by atoms with Crippen LogP contribution in [0, 0.1) is 6.92 Å². The van der Waals surface area contributed by atoms with Gasteiger partial charge in [-0.15, -0.1) is 0 Å². The molecular formula is C17H19NO. The molecule has 2 nitrogen and oxygen atoms in total. The monoisotopic (exact) mass is 253 g/mol. The predicted molar refractivity (Wildman–Crippen MR) is 78.4 cm³/mol. The number of aryl methyl sites for hydroxylation is 1. The van der Waals surface area contributed by atoms with Gasteiger partial charge in [0.1, 0.15) is 0 Å². The van der Waals surface area contributed by atoms with Crippen molar-refractivity contribution in [1.82, 2.24) is 0 Å². The zero-order valence-electron chi connectivity index (χ0n) is 11.2. The Morgan fingerprint density at radius 3 is 2.42 bits per heavy atom. The first-order chi connectivity index (χ1) is 9.20. The molecule has 19 heavy (non-hydrogen) atoms. The highest BCUT2D eigenvalue weighted by molar-refractivity contribution is 5.98. The highest BCUT2D eigenvalue weighted by Crippen LogP contribution is 2.13. The number of Topliss-reactive ketones (excluding diaryl/α,β-unsaturated/α-hetero) is 1. The molecule has 0 aromatic heterocycles. The van der Waals surface area contributed by atoms with Gasteiger partial charge in [-0.25, -0.2) is 0 Å². The first kappa shape index (κ1) is 13.5. The van der Waals surface area contributed by atoms with E-state index < -0.39 is 0 Å². The lowest BCUT2D eigenvalue weighted by Gasteiger charge is -2.08. The Morgan fingerprint density at radius 1 is 1.05 bits per heavy atom. The summed E-state index contributed by atoms with van der Waals surface area (Å²) in [5.74, 6) is 0.160. The molecule has 2 rings (SSSR count). The van der Waals surface area contributed by atoms with E-state index in [0.717, 1.165) is 23.1 Å². The summed E-state index contributed by atoms with van der Waals surface area (Å²) in [5.41, 5.74) is 9.69. The van der Waals surface area contributed by atoms with E-state index >= 15 is 0 Å². The van der Waals surface area contributed by atoms with Gasteiger partial charge < -0.3 is 5.73 Å². The lowest BCUT2D eigenvalue weighted by molar-refractivity contribution is 0.0992. The summed E-state index contributed by atoms with van der Waals surface area (Å²) >= 11 is 0. The summed E-state index contributed by atoms with van der Waals surface area (Å²) in [7, 11) is 0. The van der Waals surface area contributed by atoms with Crippen LogP contribution in [-0.2, 0) is 12.8 Å². The van der Waals surface area contributed by atoms with E-state index in [1.807, 2.05) is 55.5 Å². The third-order valence-corrected chi connectivity index (χ3v) is 3.22. The van der Waals surface area contributed by atoms with Crippen molar-refractivity contribution >= 4 is 5.78 Å². The molecule has 2 aromatic rings. The second kappa shape index (κ2) is 6.30. The molecule has 0 heterocycles. The van der Waals surface area contributed by atoms with E-state index in [9.17, 15) is 4.79 Å². The van der Waals surface area contributed by atoms with Gasteiger partial charge in [0, 0.05) is 12.0 Å². The molecule has 0 saturated heterocycles. The van der Waals surface area contributed by atoms with Gasteiger partial charge in [0.2, 0.25) is 0 Å². The van der Waals surface area contributed by atoms with Crippen molar-refractivity contribution in [2.75, 3.05) is 6.54 Å². The van der Waals surface area contributed by atoms with Crippen LogP contribution in [0.4, 0.5) is 0 Å². The van der Waals surface area contributed by atoms with Gasteiger partial charge in [-0.3, -0.25) is 4.79 Å². The fourth-order valence-corrected chi connectivity index (χ4v) is 2.15. The summed E-state index contributed by atoms with van der Waals surface area (Å²) in [4.78, 5) is 12.4. The van der Waals surface area contributed by atoms with E-state index in [4.69, 9.17) is 5.73 Å². The zero-order valence-corrected chi connectivity index (χ0v) is 11.2. The highest BCUT2D eigenvalue weighted by atomic mass is 16.1. The maximum atomic E-state index is 12.4. The Balaban J connectivity index is 2.18. The molecule has 0 bridgehead atoms. The molecule has 0 radical (unpaired) electrons. The molecule has 0 amide bonds. The number of hydrogen-bond donors (Lipinski definition) is 1. The summed E-state index contributed by atoms with van der Waals surface area (Å²) in [6, 6.07) is 15.8. The number of benzene rings is 2. The fraction of sp³-hybridized carbons (Fsp3) is 0.235. The SMILES string of the molecule is Cc1ccc(CC(=O)c2ccccc2CCN)cc1. The molecule has 0 atom stereocenters. The normalized spacial score (nSPS) is 10.4. The molecule has 0 aliphatic rings. The molecule has 2 heteroatoms. The van der Waals surface area contributed by atoms with Gasteiger partial charge in [0.25, 0.3) is 0 Å². The van der Waals surface area contributed by atoms with Crippen molar-refractivity contribution in [3.05, 3.63) is 70.8 Å². The van der Waals surface area contributed by atoms with Gasteiger partial charge in [0.05, 0.1) is 0 Å². The first-order valence-electron chi connectivity index (χ1n) is 6.57. The van der Waals surface area contributed by atoms with Crippen LogP contribution in [0.25, 0.3) is 0 Å². The van der Waals surface area contributed by atoms with Crippen molar-refractivity contribution < 1.29 is 4.79 Å². The van der Waals surface area contributed by atoms with Crippen LogP contribution in [0.5, 0.6) is 0 Å². The van der Waals surface area contributed by atoms with Crippen LogP contribution in [0.15, 0.2) is 48.5 Å². The topological polar surface area (TPSA) is 43.1 Å². The van der Waals surface area contributed by atoms with Crippen LogP contribution < -0.4 is 5.73 Å². The average Bonchev–Trinajstić information content (AvgIpc) is 2.42. The fourth-order valence-electron chi connectivity index (χ4n) is 2.15. The van der Waals surface area contributed by atoms with Crippen molar-refractivity contribution in [2.45, 2.75) is 19.8 Å². The average molecular weight is 253 g/mol. The van der Waals surface area contributed by atoms with Crippen LogP contribution in [0.1, 0.15) is 27.0 Å². The standard InChI is InChI=1S/C17H19NO/c1-13-6-8-14(9-7-13)12-17(19)16-5-3-2-4-15(16)10-11-18/h2-9H,10-12,18H2,1H3. The van der Waals surface area contributed by atoms with Crippen LogP contribution >= 0.6 is 0 Å². The molecule has 0 aliphatic heterocycles. The van der Waals surface area contributed by atoms with Gasteiger partial charge in [0.15, 0.2) is 5.78 Å². The number of hydrogen-bond acceptors (Lipinski definition) is 2. The Bertz CT molecular complexity index is 558. The molecule has 0 unspecified atom stereocenters. The third-order valence-electron chi connectivity index (χ3n) is 3.22. The molecule has 98 valence electrons. The number of nitrogens with two attached hydrogens (primary N) is 1. The Morgan fingerprint density at radius 2 is 1.74 bits per heavy atom. The summed E-state index contributed by atoms with van der Waals surface area (Å²) in [6.45, 7) is 2.61. The quantitative estimate of drug-likeness (QED) is 0.833. The number of rotatable bonds is 5. The van der Waals surface area contributed by atoms with Gasteiger partial charge >= 0.3 is 0 Å². The van der Waals surface area contributed by atoms with E-state index in [0.29, 0.717) is 13.0 Å². The molecular weight excluding hydrogens is 234 g/mol. The second-order valence-electron chi connectivity index (χ2n) is 4.78. The van der Waals surface area contributed by atoms with Crippen LogP contribution in [0.2, 0.25) is 0 Å². The molecule has 2 aromatic carbocycles.